The monoisotopic (exact) mass is 196 g/mol. The zero-order valence-corrected chi connectivity index (χ0v) is 7.03. The number of hydrogen-bond acceptors (Lipinski definition) is 5. The van der Waals surface area contributed by atoms with Crippen molar-refractivity contribution in [2.24, 2.45) is 0 Å². The molecule has 0 spiro atoms. The van der Waals surface area contributed by atoms with E-state index in [1.165, 1.54) is 0 Å². The molecule has 0 N–H and O–H groups in total. The third kappa shape index (κ3) is 3.38. The van der Waals surface area contributed by atoms with Gasteiger partial charge in [-0.15, -0.1) is 8.98 Å². The van der Waals surface area contributed by atoms with E-state index in [0.29, 0.717) is 5.69 Å². The average Bonchev–Trinajstić information content (AvgIpc) is 2.32. The van der Waals surface area contributed by atoms with Gasteiger partial charge in [0.05, 0.1) is 11.4 Å². The largest absolute Gasteiger partial charge is 0.302 e. The lowest BCUT2D eigenvalue weighted by Gasteiger charge is -1.88. The van der Waals surface area contributed by atoms with Gasteiger partial charge in [0.25, 0.3) is 0 Å². The lowest BCUT2D eigenvalue weighted by molar-refractivity contribution is 0.551. The quantitative estimate of drug-likeness (QED) is 0.656. The minimum Gasteiger partial charge on any atom is -0.195 e. The molecule has 0 saturated heterocycles. The lowest BCUT2D eigenvalue weighted by Crippen LogP contribution is -2.02. The van der Waals surface area contributed by atoms with Crippen molar-refractivity contribution >= 4 is 21.8 Å². The van der Waals surface area contributed by atoms with Crippen molar-refractivity contribution in [2.45, 2.75) is 6.42 Å². The van der Waals surface area contributed by atoms with Gasteiger partial charge >= 0.3 is 10.2 Å². The second-order valence-corrected chi connectivity index (χ2v) is 3.98. The summed E-state index contributed by atoms with van der Waals surface area (Å²) in [6.07, 6.45) is 0.0926. The van der Waals surface area contributed by atoms with Crippen LogP contribution in [0.15, 0.2) is 5.38 Å². The third-order valence-electron chi connectivity index (χ3n) is 1.01. The summed E-state index contributed by atoms with van der Waals surface area (Å²) in [7, 11) is -4.36. The molecule has 4 nitrogen and oxygen atoms in total. The number of rotatable bonds is 3. The van der Waals surface area contributed by atoms with Crippen LogP contribution in [0.1, 0.15) is 5.69 Å². The van der Waals surface area contributed by atoms with Crippen LogP contribution in [-0.2, 0) is 16.6 Å². The minimum absolute atomic E-state index is 0.0926. The Morgan fingerprint density at radius 1 is 1.64 bits per heavy atom. The highest BCUT2D eigenvalue weighted by Gasteiger charge is 2.08. The Labute approximate surface area is 67.4 Å². The van der Waals surface area contributed by atoms with Crippen molar-refractivity contribution in [1.29, 1.82) is 0 Å². The first-order valence-electron chi connectivity index (χ1n) is 2.76. The van der Waals surface area contributed by atoms with Gasteiger partial charge in [0.1, 0.15) is 0 Å². The summed E-state index contributed by atoms with van der Waals surface area (Å²) in [5.41, 5.74) is 0.510. The van der Waals surface area contributed by atoms with Crippen molar-refractivity contribution in [3.8, 4) is 0 Å². The second kappa shape index (κ2) is 3.22. The van der Waals surface area contributed by atoms with E-state index in [1.54, 1.807) is 5.38 Å². The molecule has 0 amide bonds. The Morgan fingerprint density at radius 2 is 2.36 bits per heavy atom. The Kier molecular flexibility index (Phi) is 2.50. The molecule has 7 heteroatoms. The van der Waals surface area contributed by atoms with Gasteiger partial charge in [0.2, 0.25) is 0 Å². The average molecular weight is 196 g/mol. The number of halogens is 1. The summed E-state index contributed by atoms with van der Waals surface area (Å²) in [5.74, 6) is -0.515. The van der Waals surface area contributed by atoms with Crippen LogP contribution in [0.3, 0.4) is 0 Å². The molecule has 11 heavy (non-hydrogen) atoms. The van der Waals surface area contributed by atoms with Gasteiger partial charge in [-0.25, -0.2) is 0 Å². The molecule has 0 radical (unpaired) electrons. The van der Waals surface area contributed by atoms with Crippen LogP contribution in [0, 0.1) is 0 Å². The van der Waals surface area contributed by atoms with Crippen LogP contribution in [0.4, 0.5) is 3.89 Å². The Hall–Kier alpha value is -0.560. The summed E-state index contributed by atoms with van der Waals surface area (Å²) in [6.45, 7) is 0. The van der Waals surface area contributed by atoms with Gasteiger partial charge in [-0.2, -0.15) is 8.42 Å². The SMILES string of the molecule is O=S(=O)(F)CCc1csnn1. The normalized spacial score (nSPS) is 11.7. The molecule has 0 atom stereocenters. The molecule has 0 fully saturated rings. The number of aromatic nitrogens is 2. The molecule has 1 aromatic heterocycles. The minimum atomic E-state index is -4.36. The van der Waals surface area contributed by atoms with Gasteiger partial charge in [0, 0.05) is 11.8 Å². The summed E-state index contributed by atoms with van der Waals surface area (Å²) < 4.78 is 35.4. The highest BCUT2D eigenvalue weighted by atomic mass is 32.3. The van der Waals surface area contributed by atoms with Crippen molar-refractivity contribution in [2.75, 3.05) is 5.75 Å². The van der Waals surface area contributed by atoms with Crippen molar-refractivity contribution in [1.82, 2.24) is 9.59 Å². The van der Waals surface area contributed by atoms with E-state index in [9.17, 15) is 12.3 Å². The van der Waals surface area contributed by atoms with E-state index < -0.39 is 16.0 Å². The zero-order chi connectivity index (χ0) is 8.32. The Morgan fingerprint density at radius 3 is 2.82 bits per heavy atom. The van der Waals surface area contributed by atoms with E-state index in [-0.39, 0.29) is 6.42 Å². The van der Waals surface area contributed by atoms with E-state index in [2.05, 4.69) is 9.59 Å². The molecule has 1 rings (SSSR count). The number of aryl methyl sites for hydroxylation is 1. The van der Waals surface area contributed by atoms with Crippen molar-refractivity contribution in [3.63, 3.8) is 0 Å². The molecule has 0 aliphatic rings. The van der Waals surface area contributed by atoms with Crippen LogP contribution in [0.25, 0.3) is 0 Å². The maximum absolute atomic E-state index is 11.9. The van der Waals surface area contributed by atoms with Gasteiger partial charge < -0.3 is 0 Å². The third-order valence-corrected chi connectivity index (χ3v) is 2.25. The zero-order valence-electron chi connectivity index (χ0n) is 5.40. The Balaban J connectivity index is 2.48. The molecular formula is C4H5FN2O2S2. The van der Waals surface area contributed by atoms with Gasteiger partial charge in [0.15, 0.2) is 0 Å². The molecule has 0 unspecified atom stereocenters. The van der Waals surface area contributed by atoms with E-state index in [4.69, 9.17) is 0 Å². The van der Waals surface area contributed by atoms with Crippen LogP contribution in [0.2, 0.25) is 0 Å². The van der Waals surface area contributed by atoms with Crippen LogP contribution in [-0.4, -0.2) is 23.8 Å². The predicted octanol–water partition coefficient (Wildman–Crippen LogP) is 0.380. The first-order valence-corrected chi connectivity index (χ1v) is 5.15. The fourth-order valence-corrected chi connectivity index (χ4v) is 1.46. The van der Waals surface area contributed by atoms with Crippen molar-refractivity contribution < 1.29 is 12.3 Å². The Bertz CT molecular complexity index is 307. The first kappa shape index (κ1) is 8.54. The smallest absolute Gasteiger partial charge is 0.195 e. The fraction of sp³-hybridized carbons (Fsp3) is 0.500. The molecular weight excluding hydrogens is 191 g/mol. The molecule has 0 bridgehead atoms. The fourth-order valence-electron chi connectivity index (χ4n) is 0.519. The topological polar surface area (TPSA) is 59.9 Å². The summed E-state index contributed by atoms with van der Waals surface area (Å²) in [6, 6.07) is 0. The van der Waals surface area contributed by atoms with Crippen LogP contribution in [0.5, 0.6) is 0 Å². The molecule has 1 aromatic rings. The standard InChI is InChI=1S/C4H5FN2O2S2/c5-11(8,9)2-1-4-3-10-7-6-4/h3H,1-2H2. The number of hydrogen-bond donors (Lipinski definition) is 0. The maximum atomic E-state index is 11.9. The summed E-state index contributed by atoms with van der Waals surface area (Å²) in [5, 5.41) is 5.15. The summed E-state index contributed by atoms with van der Waals surface area (Å²) >= 11 is 1.11. The molecule has 0 aliphatic carbocycles. The van der Waals surface area contributed by atoms with E-state index in [1.807, 2.05) is 0 Å². The predicted molar refractivity (Wildman–Crippen MR) is 38.5 cm³/mol. The molecule has 0 aromatic carbocycles. The highest BCUT2D eigenvalue weighted by molar-refractivity contribution is 7.86. The van der Waals surface area contributed by atoms with Gasteiger partial charge in [-0.05, 0) is 11.5 Å². The van der Waals surface area contributed by atoms with E-state index >= 15 is 0 Å². The van der Waals surface area contributed by atoms with Gasteiger partial charge in [-0.3, -0.25) is 0 Å². The molecule has 0 saturated carbocycles. The highest BCUT2D eigenvalue weighted by Crippen LogP contribution is 2.01. The van der Waals surface area contributed by atoms with E-state index in [0.717, 1.165) is 11.5 Å². The second-order valence-electron chi connectivity index (χ2n) is 1.89. The number of nitrogens with zero attached hydrogens (tertiary/aromatic N) is 2. The molecule has 1 heterocycles. The molecule has 0 aliphatic heterocycles. The molecule has 62 valence electrons. The van der Waals surface area contributed by atoms with Gasteiger partial charge in [-0.1, -0.05) is 4.49 Å². The van der Waals surface area contributed by atoms with Crippen LogP contribution < -0.4 is 0 Å². The lowest BCUT2D eigenvalue weighted by atomic mass is 10.4. The van der Waals surface area contributed by atoms with Crippen molar-refractivity contribution in [3.05, 3.63) is 11.1 Å². The van der Waals surface area contributed by atoms with Crippen LogP contribution >= 0.6 is 11.5 Å². The summed E-state index contributed by atoms with van der Waals surface area (Å²) in [4.78, 5) is 0. The maximum Gasteiger partial charge on any atom is 0.302 e. The first-order chi connectivity index (χ1) is 5.08.